The standard InChI is InChI=1S/C12H14S.C3H8.C2H6/c1-3-8-11(4-2)13-12-9-6-5-7-10-12;1-3-2;1-2/h3-10H,1-2H3;3H2,1-2H3;1-2H3/b8-3-,11-4+;;. The van der Waals surface area contributed by atoms with Crippen molar-refractivity contribution in [3.05, 3.63) is 53.5 Å². The van der Waals surface area contributed by atoms with Crippen LogP contribution in [0.2, 0.25) is 0 Å². The van der Waals surface area contributed by atoms with Gasteiger partial charge in [0.2, 0.25) is 0 Å². The number of thioether (sulfide) groups is 1. The van der Waals surface area contributed by atoms with Gasteiger partial charge in [-0.2, -0.15) is 0 Å². The van der Waals surface area contributed by atoms with E-state index in [2.05, 4.69) is 63.3 Å². The lowest BCUT2D eigenvalue weighted by Crippen LogP contribution is -1.71. The lowest BCUT2D eigenvalue weighted by atomic mass is 10.4. The fraction of sp³-hybridized carbons (Fsp3) is 0.412. The molecule has 1 heteroatoms. The predicted molar refractivity (Wildman–Crippen MR) is 88.2 cm³/mol. The molecule has 0 heterocycles. The molecule has 0 radical (unpaired) electrons. The molecule has 0 fully saturated rings. The Kier molecular flexibility index (Phi) is 17.3. The normalized spacial score (nSPS) is 10.2. The molecule has 0 aliphatic carbocycles. The summed E-state index contributed by atoms with van der Waals surface area (Å²) >= 11 is 1.79. The molecule has 0 amide bonds. The van der Waals surface area contributed by atoms with Crippen molar-refractivity contribution in [2.24, 2.45) is 0 Å². The van der Waals surface area contributed by atoms with E-state index in [9.17, 15) is 0 Å². The molecule has 0 saturated heterocycles. The molecular formula is C17H28S. The van der Waals surface area contributed by atoms with Crippen LogP contribution >= 0.6 is 11.8 Å². The summed E-state index contributed by atoms with van der Waals surface area (Å²) in [6, 6.07) is 10.4. The Bertz CT molecular complexity index is 310. The van der Waals surface area contributed by atoms with Crippen LogP contribution in [0.5, 0.6) is 0 Å². The van der Waals surface area contributed by atoms with E-state index >= 15 is 0 Å². The van der Waals surface area contributed by atoms with E-state index in [1.165, 1.54) is 16.2 Å². The topological polar surface area (TPSA) is 0 Å². The third kappa shape index (κ3) is 11.5. The zero-order valence-electron chi connectivity index (χ0n) is 12.7. The van der Waals surface area contributed by atoms with Gasteiger partial charge in [-0.25, -0.2) is 0 Å². The molecular weight excluding hydrogens is 236 g/mol. The molecule has 18 heavy (non-hydrogen) atoms. The van der Waals surface area contributed by atoms with Crippen molar-refractivity contribution in [1.82, 2.24) is 0 Å². The van der Waals surface area contributed by atoms with E-state index in [1.54, 1.807) is 11.8 Å². The van der Waals surface area contributed by atoms with Crippen LogP contribution in [0.3, 0.4) is 0 Å². The lowest BCUT2D eigenvalue weighted by Gasteiger charge is -2.00. The summed E-state index contributed by atoms with van der Waals surface area (Å²) in [6.45, 7) is 12.3. The maximum atomic E-state index is 2.12. The molecule has 0 aliphatic heterocycles. The quantitative estimate of drug-likeness (QED) is 0.432. The van der Waals surface area contributed by atoms with Gasteiger partial charge >= 0.3 is 0 Å². The van der Waals surface area contributed by atoms with Gasteiger partial charge in [-0.3, -0.25) is 0 Å². The van der Waals surface area contributed by atoms with Gasteiger partial charge in [0, 0.05) is 9.80 Å². The fourth-order valence-corrected chi connectivity index (χ4v) is 1.87. The number of rotatable bonds is 3. The van der Waals surface area contributed by atoms with Crippen molar-refractivity contribution >= 4 is 11.8 Å². The Morgan fingerprint density at radius 2 is 1.56 bits per heavy atom. The van der Waals surface area contributed by atoms with Gasteiger partial charge in [0.1, 0.15) is 0 Å². The van der Waals surface area contributed by atoms with Crippen LogP contribution in [-0.2, 0) is 0 Å². The molecule has 102 valence electrons. The maximum absolute atomic E-state index is 2.12. The van der Waals surface area contributed by atoms with E-state index < -0.39 is 0 Å². The third-order valence-corrected chi connectivity index (χ3v) is 2.71. The second-order valence-electron chi connectivity index (χ2n) is 3.31. The van der Waals surface area contributed by atoms with Gasteiger partial charge in [0.25, 0.3) is 0 Å². The molecule has 0 N–H and O–H groups in total. The molecule has 0 bridgehead atoms. The largest absolute Gasteiger partial charge is 0.0905 e. The monoisotopic (exact) mass is 264 g/mol. The Morgan fingerprint density at radius 1 is 1.06 bits per heavy atom. The van der Waals surface area contributed by atoms with Crippen LogP contribution < -0.4 is 0 Å². The van der Waals surface area contributed by atoms with E-state index in [4.69, 9.17) is 0 Å². The summed E-state index contributed by atoms with van der Waals surface area (Å²) in [6.07, 6.45) is 7.56. The first-order chi connectivity index (χ1) is 8.78. The molecule has 0 nitrogen and oxygen atoms in total. The van der Waals surface area contributed by atoms with Crippen LogP contribution in [0.1, 0.15) is 48.0 Å². The number of hydrogen-bond acceptors (Lipinski definition) is 1. The van der Waals surface area contributed by atoms with E-state index in [0.717, 1.165) is 0 Å². The summed E-state index contributed by atoms with van der Waals surface area (Å²) < 4.78 is 0. The van der Waals surface area contributed by atoms with Crippen molar-refractivity contribution in [3.8, 4) is 0 Å². The molecule has 0 aliphatic rings. The molecule has 1 aromatic rings. The summed E-state index contributed by atoms with van der Waals surface area (Å²) in [5, 5.41) is 0. The fourth-order valence-electron chi connectivity index (χ4n) is 0.978. The molecule has 0 spiro atoms. The van der Waals surface area contributed by atoms with Crippen LogP contribution in [0.4, 0.5) is 0 Å². The van der Waals surface area contributed by atoms with E-state index in [1.807, 2.05) is 26.8 Å². The van der Waals surface area contributed by atoms with Crippen LogP contribution in [0.25, 0.3) is 0 Å². The Hall–Kier alpha value is -0.950. The smallest absolute Gasteiger partial charge is 0.0122 e. The number of allylic oxidation sites excluding steroid dienone is 3. The minimum absolute atomic E-state index is 1.25. The highest BCUT2D eigenvalue weighted by molar-refractivity contribution is 8.03. The molecule has 0 unspecified atom stereocenters. The first-order valence-corrected chi connectivity index (χ1v) is 7.62. The average Bonchev–Trinajstić information content (AvgIpc) is 2.42. The second kappa shape index (κ2) is 16.1. The zero-order valence-corrected chi connectivity index (χ0v) is 13.6. The average molecular weight is 264 g/mol. The number of hydrogen-bond donors (Lipinski definition) is 0. The SMILES string of the molecule is C/C=C\C(=C/C)Sc1ccccc1.CC.CCC. The van der Waals surface area contributed by atoms with Gasteiger partial charge < -0.3 is 0 Å². The minimum atomic E-state index is 1.25. The molecule has 1 aromatic carbocycles. The van der Waals surface area contributed by atoms with Gasteiger partial charge in [0.15, 0.2) is 0 Å². The lowest BCUT2D eigenvalue weighted by molar-refractivity contribution is 1.09. The van der Waals surface area contributed by atoms with Crippen LogP contribution in [-0.4, -0.2) is 0 Å². The van der Waals surface area contributed by atoms with Crippen molar-refractivity contribution in [2.75, 3.05) is 0 Å². The summed E-state index contributed by atoms with van der Waals surface area (Å²) in [7, 11) is 0. The van der Waals surface area contributed by atoms with Gasteiger partial charge in [-0.15, -0.1) is 0 Å². The molecule has 0 saturated carbocycles. The summed E-state index contributed by atoms with van der Waals surface area (Å²) in [5.41, 5.74) is 0. The Labute approximate surface area is 118 Å². The van der Waals surface area contributed by atoms with Crippen molar-refractivity contribution in [2.45, 2.75) is 52.9 Å². The summed E-state index contributed by atoms with van der Waals surface area (Å²) in [5.74, 6) is 0. The van der Waals surface area contributed by atoms with E-state index in [-0.39, 0.29) is 0 Å². The highest BCUT2D eigenvalue weighted by Crippen LogP contribution is 2.26. The minimum Gasteiger partial charge on any atom is -0.0905 e. The van der Waals surface area contributed by atoms with E-state index in [0.29, 0.717) is 0 Å². The van der Waals surface area contributed by atoms with Crippen molar-refractivity contribution in [3.63, 3.8) is 0 Å². The first-order valence-electron chi connectivity index (χ1n) is 6.80. The van der Waals surface area contributed by atoms with Gasteiger partial charge in [-0.05, 0) is 26.0 Å². The molecule has 1 rings (SSSR count). The second-order valence-corrected chi connectivity index (χ2v) is 4.46. The van der Waals surface area contributed by atoms with Gasteiger partial charge in [0.05, 0.1) is 0 Å². The van der Waals surface area contributed by atoms with Crippen molar-refractivity contribution in [1.29, 1.82) is 0 Å². The van der Waals surface area contributed by atoms with Gasteiger partial charge in [-0.1, -0.05) is 82.3 Å². The highest BCUT2D eigenvalue weighted by Gasteiger charge is 1.93. The number of benzene rings is 1. The van der Waals surface area contributed by atoms with Crippen LogP contribution in [0.15, 0.2) is 58.4 Å². The Balaban J connectivity index is 0. The predicted octanol–water partition coefficient (Wildman–Crippen LogP) is 6.70. The molecule has 0 aromatic heterocycles. The van der Waals surface area contributed by atoms with Crippen molar-refractivity contribution < 1.29 is 0 Å². The zero-order chi connectivity index (χ0) is 14.2. The summed E-state index contributed by atoms with van der Waals surface area (Å²) in [4.78, 5) is 2.57. The maximum Gasteiger partial charge on any atom is 0.0122 e. The molecule has 0 atom stereocenters. The Morgan fingerprint density at radius 3 is 1.94 bits per heavy atom. The third-order valence-electron chi connectivity index (χ3n) is 1.59. The van der Waals surface area contributed by atoms with Crippen LogP contribution in [0, 0.1) is 0 Å². The first kappa shape index (κ1) is 19.4. The highest BCUT2D eigenvalue weighted by atomic mass is 32.2.